The number of benzene rings is 3. The van der Waals surface area contributed by atoms with Gasteiger partial charge in [0.2, 0.25) is 0 Å². The van der Waals surface area contributed by atoms with Gasteiger partial charge in [-0.05, 0) is 158 Å². The number of aryl methyl sites for hydroxylation is 4. The number of halogens is 4. The van der Waals surface area contributed by atoms with E-state index in [0.717, 1.165) is 209 Å². The summed E-state index contributed by atoms with van der Waals surface area (Å²) in [6.07, 6.45) is 58.3. The Morgan fingerprint density at radius 1 is 0.376 bits per heavy atom. The van der Waals surface area contributed by atoms with Gasteiger partial charge in [0.05, 0.1) is 87.3 Å². The molecule has 2 unspecified atom stereocenters. The van der Waals surface area contributed by atoms with Crippen LogP contribution in [0.3, 0.4) is 0 Å². The first kappa shape index (κ1) is 101. The fraction of sp³-hybridized carbons (Fsp3) is 0.536. The highest BCUT2D eigenvalue weighted by atomic mass is 32.1. The molecule has 14 rings (SSSR count). The minimum Gasteiger partial charge on any atom is -0.337 e. The van der Waals surface area contributed by atoms with Gasteiger partial charge in [0.15, 0.2) is 34.8 Å². The van der Waals surface area contributed by atoms with E-state index in [1.54, 1.807) is 34.8 Å². The quantitative estimate of drug-likeness (QED) is 0.0123. The Labute approximate surface area is 815 Å². The molecule has 0 spiro atoms. The number of carbonyl (C=O) groups excluding carboxylic acids is 2. The second-order valence-electron chi connectivity index (χ2n) is 37.8. The molecular weight excluding hydrogens is 1790 g/mol. The number of rotatable bonds is 56. The Balaban J connectivity index is 1.01. The summed E-state index contributed by atoms with van der Waals surface area (Å²) in [5.41, 5.74) is 11.6. The first-order valence-corrected chi connectivity index (χ1v) is 56.6. The van der Waals surface area contributed by atoms with Crippen LogP contribution in [0.1, 0.15) is 402 Å². The second-order valence-corrected chi connectivity index (χ2v) is 44.5. The van der Waals surface area contributed by atoms with Crippen molar-refractivity contribution >= 4 is 187 Å². The van der Waals surface area contributed by atoms with Crippen LogP contribution in [0.15, 0.2) is 58.9 Å². The lowest BCUT2D eigenvalue weighted by Crippen LogP contribution is -2.13. The van der Waals surface area contributed by atoms with E-state index >= 15 is 17.6 Å². The smallest absolute Gasteiger partial charge is 0.270 e. The van der Waals surface area contributed by atoms with Crippen LogP contribution < -0.4 is 0 Å². The van der Waals surface area contributed by atoms with Crippen LogP contribution in [-0.4, -0.2) is 29.4 Å². The lowest BCUT2D eigenvalue weighted by Gasteiger charge is -2.20. The van der Waals surface area contributed by atoms with Crippen LogP contribution >= 0.6 is 79.7 Å². The summed E-state index contributed by atoms with van der Waals surface area (Å²) in [5.74, 6) is -5.00. The third-order valence-electron chi connectivity index (χ3n) is 28.2. The zero-order chi connectivity index (χ0) is 93.6. The first-order valence-electron chi connectivity index (χ1n) is 50.9. The number of unbranched alkanes of at least 4 members (excludes halogenated alkanes) is 34. The third-order valence-corrected chi connectivity index (χ3v) is 36.6. The van der Waals surface area contributed by atoms with E-state index in [0.29, 0.717) is 11.8 Å². The molecule has 21 heteroatoms. The zero-order valence-corrected chi connectivity index (χ0v) is 85.6. The largest absolute Gasteiger partial charge is 0.337 e. The molecule has 0 fully saturated rings. The van der Waals surface area contributed by atoms with E-state index < -0.39 is 34.8 Å². The van der Waals surface area contributed by atoms with Crippen LogP contribution in [0, 0.1) is 70.9 Å². The minimum atomic E-state index is -1.16. The van der Waals surface area contributed by atoms with Crippen molar-refractivity contribution in [2.75, 3.05) is 0 Å². The van der Waals surface area contributed by atoms with Crippen LogP contribution in [-0.2, 0) is 38.8 Å². The Kier molecular flexibility index (Phi) is 37.2. The molecule has 3 aromatic carbocycles. The Morgan fingerprint density at radius 2 is 0.684 bits per heavy atom. The highest BCUT2D eigenvalue weighted by Crippen LogP contribution is 2.59. The first-order chi connectivity index (χ1) is 65.1. The Bertz CT molecular complexity index is 6030. The molecule has 0 radical (unpaired) electrons. The number of nitriles is 2. The van der Waals surface area contributed by atoms with E-state index in [9.17, 15) is 20.1 Å². The fourth-order valence-electron chi connectivity index (χ4n) is 20.8. The van der Waals surface area contributed by atoms with Crippen molar-refractivity contribution in [1.29, 1.82) is 10.5 Å². The van der Waals surface area contributed by atoms with Gasteiger partial charge in [0.1, 0.15) is 11.0 Å². The standard InChI is InChI=1S/C112H134F4N8O2S7/c1-11-19-25-29-33-37-41-45-49-55-73-59-75(61-83-91(89(67-117)119-9)79-63-85(113)87(115)65-81(79)101(83)125)127-103(73)105-77(57-51-47-43-39-35-31-27-21-13-3)107-111(131-105)99-109(129-107)93-95-96(122-133-121-95)94-98(97(93)123(99)69-71(17-7)53-23-15-5)124(70-72(18-8)54-24-16-6)100-110(94)130-108-78(58-52-48-44-40-36-32-28-22-14-4)106(132-112(100)108)104-74(56-50-46-42-38-34-30-26-20-12-2)60-76(128-104)62-84-92(90(68-118)120-10)80-64-86(114)88(116)66-82(80)102(84)126/h59-66,71-72H,11-58,69-70H2,1-8H3/b83-61-,84-62-,91-89+,92-90?. The lowest BCUT2D eigenvalue weighted by atomic mass is 9.98. The summed E-state index contributed by atoms with van der Waals surface area (Å²) >= 11 is 12.4. The van der Waals surface area contributed by atoms with Gasteiger partial charge in [0.25, 0.3) is 11.4 Å². The maximum absolute atomic E-state index is 15.4. The normalized spacial score (nSPS) is 14.8. The molecule has 9 heterocycles. The summed E-state index contributed by atoms with van der Waals surface area (Å²) in [6, 6.07) is 12.2. The van der Waals surface area contributed by atoms with Gasteiger partial charge in [-0.1, -0.05) is 299 Å². The van der Waals surface area contributed by atoms with Crippen molar-refractivity contribution in [1.82, 2.24) is 17.9 Å². The molecule has 10 nitrogen and oxygen atoms in total. The van der Waals surface area contributed by atoms with Gasteiger partial charge >= 0.3 is 0 Å². The Morgan fingerprint density at radius 3 is 0.992 bits per heavy atom. The molecule has 133 heavy (non-hydrogen) atoms. The summed E-state index contributed by atoms with van der Waals surface area (Å²) in [7, 11) is 0. The number of carbonyl (C=O) groups is 2. The lowest BCUT2D eigenvalue weighted by molar-refractivity contribution is 0.103. The van der Waals surface area contributed by atoms with E-state index in [2.05, 4.69) is 86.3 Å². The average Bonchev–Trinajstić information content (AvgIpc) is 1.50. The minimum absolute atomic E-state index is 0.0395. The topological polar surface area (TPSA) is 126 Å². The number of hydrogen-bond acceptors (Lipinski definition) is 13. The molecule has 0 N–H and O–H groups in total. The van der Waals surface area contributed by atoms with Gasteiger partial charge in [-0.25, -0.2) is 37.8 Å². The number of fused-ring (bicyclic) bond motifs is 16. The molecule has 0 aliphatic heterocycles. The molecule has 704 valence electrons. The van der Waals surface area contributed by atoms with Crippen molar-refractivity contribution in [3.05, 3.63) is 159 Å². The van der Waals surface area contributed by atoms with Crippen molar-refractivity contribution in [3.63, 3.8) is 0 Å². The predicted octanol–water partition coefficient (Wildman–Crippen LogP) is 38.1. The third kappa shape index (κ3) is 22.5. The summed E-state index contributed by atoms with van der Waals surface area (Å²) in [5, 5.41) is 23.4. The molecule has 0 saturated carbocycles. The molecule has 2 aliphatic carbocycles. The zero-order valence-electron chi connectivity index (χ0n) is 79.9. The van der Waals surface area contributed by atoms with Crippen LogP contribution in [0.4, 0.5) is 17.6 Å². The molecule has 9 aromatic heterocycles. The van der Waals surface area contributed by atoms with Crippen molar-refractivity contribution in [2.24, 2.45) is 11.8 Å². The van der Waals surface area contributed by atoms with Gasteiger partial charge in [0, 0.05) is 86.5 Å². The van der Waals surface area contributed by atoms with Gasteiger partial charge in [-0.3, -0.25) is 9.59 Å². The number of ketones is 2. The van der Waals surface area contributed by atoms with E-state index in [-0.39, 0.29) is 55.9 Å². The highest BCUT2D eigenvalue weighted by molar-refractivity contribution is 7.37. The maximum Gasteiger partial charge on any atom is 0.270 e. The maximum atomic E-state index is 15.4. The number of Topliss-reactive ketones (excluding diaryl/α,β-unsaturated/α-hetero) is 2. The van der Waals surface area contributed by atoms with Crippen LogP contribution in [0.25, 0.3) is 125 Å². The van der Waals surface area contributed by atoms with Crippen molar-refractivity contribution < 1.29 is 27.2 Å². The molecule has 0 amide bonds. The molecule has 0 bridgehead atoms. The number of nitrogens with zero attached hydrogens (tertiary/aromatic N) is 8. The number of thiophene rings is 6. The monoisotopic (exact) mass is 1920 g/mol. The average molecular weight is 1920 g/mol. The number of hydrogen-bond donors (Lipinski definition) is 0. The van der Waals surface area contributed by atoms with E-state index in [1.807, 2.05) is 57.5 Å². The Hall–Kier alpha value is -8.22. The van der Waals surface area contributed by atoms with Crippen LogP contribution in [0.5, 0.6) is 0 Å². The molecule has 0 saturated heterocycles. The van der Waals surface area contributed by atoms with Crippen molar-refractivity contribution in [3.8, 4) is 31.6 Å². The summed E-state index contributed by atoms with van der Waals surface area (Å²) in [6.45, 7) is 36.4. The van der Waals surface area contributed by atoms with Crippen molar-refractivity contribution in [2.45, 2.75) is 377 Å². The molecule has 12 aromatic rings. The number of aromatic nitrogens is 4. The summed E-state index contributed by atoms with van der Waals surface area (Å²) in [4.78, 5) is 43.2. The second kappa shape index (κ2) is 49.2. The fourth-order valence-corrected chi connectivity index (χ4v) is 30.0. The predicted molar refractivity (Wildman–Crippen MR) is 563 cm³/mol. The molecule has 2 aliphatic rings. The molecule has 2 atom stereocenters. The SMILES string of the molecule is [C-]#[N+]C(C#N)=C1/C(=C/c2cc(CCCCCCCCCCC)c(-c3sc4c(sc5c6c7nsnc7c7c8sc9c(CCCCCCCCCCC)c(-c%10sc(/C=C%11\C(=O)c%12cc(F)c(F)cc%12\C%11=C(\C#N)[N+]#[C-])cc%10CCCCCCCCCCC)sc9c8n(CC(CC)CCCC)c7c6n(CC(CC)CCCC)c45)c3CCCCCCCCCCC)s2)C(=O)c2cc(F)c(F)cc21. The van der Waals surface area contributed by atoms with Gasteiger partial charge in [-0.15, -0.1) is 68.0 Å². The molecular formula is C112H134F4N8O2S7. The van der Waals surface area contributed by atoms with Crippen LogP contribution in [0.2, 0.25) is 0 Å². The van der Waals surface area contributed by atoms with Gasteiger partial charge < -0.3 is 9.13 Å². The highest BCUT2D eigenvalue weighted by Gasteiger charge is 2.39. The summed E-state index contributed by atoms with van der Waals surface area (Å²) < 4.78 is 85.6. The van der Waals surface area contributed by atoms with E-state index in [4.69, 9.17) is 21.9 Å². The van der Waals surface area contributed by atoms with Gasteiger partial charge in [-0.2, -0.15) is 8.75 Å². The van der Waals surface area contributed by atoms with E-state index in [1.165, 1.54) is 272 Å². The number of allylic oxidation sites excluding steroid dienone is 6.